The number of oxazole rings is 1. The number of hydrogen-bond donors (Lipinski definition) is 0. The maximum atomic E-state index is 13.8. The fraction of sp³-hybridized carbons (Fsp3) is 0.303. The Kier molecular flexibility index (Phi) is 7.21. The second kappa shape index (κ2) is 11.1. The number of ether oxygens (including phenoxy) is 1. The molecule has 0 N–H and O–H groups in total. The Morgan fingerprint density at radius 2 is 1.90 bits per heavy atom. The molecule has 3 aromatic carbocycles. The largest absolute Gasteiger partial charge is 0.490 e. The minimum absolute atomic E-state index is 0.107. The van der Waals surface area contributed by atoms with Crippen LogP contribution in [0.5, 0.6) is 5.75 Å². The van der Waals surface area contributed by atoms with Gasteiger partial charge in [0.15, 0.2) is 11.5 Å². The van der Waals surface area contributed by atoms with Crippen LogP contribution in [0.25, 0.3) is 33.1 Å². The molecule has 9 nitrogen and oxygen atoms in total. The number of benzene rings is 3. The standard InChI is InChI=1S/C33H31N5O4/c1-20-7-10-25(11-8-20)42-26-12-13-27-28(17-26)33(40)38(36-32(27)23-6-4-5-22(15-23)18-34)19-31(39)37(3)24-9-14-29-30(16-24)41-21(2)35-29/h4-6,9,12-17,20,25H,7-8,10-11,19H2,1-3H3. The first kappa shape index (κ1) is 27.2. The third kappa shape index (κ3) is 5.36. The number of carbonyl (C=O) groups is 1. The van der Waals surface area contributed by atoms with E-state index in [9.17, 15) is 14.9 Å². The highest BCUT2D eigenvalue weighted by molar-refractivity contribution is 5.96. The van der Waals surface area contributed by atoms with Gasteiger partial charge in [0.25, 0.3) is 5.56 Å². The Balaban J connectivity index is 1.38. The fourth-order valence-corrected chi connectivity index (χ4v) is 5.55. The molecule has 42 heavy (non-hydrogen) atoms. The van der Waals surface area contributed by atoms with Crippen LogP contribution < -0.4 is 15.2 Å². The van der Waals surface area contributed by atoms with Crippen LogP contribution in [0.1, 0.15) is 44.1 Å². The fourth-order valence-electron chi connectivity index (χ4n) is 5.55. The zero-order valence-corrected chi connectivity index (χ0v) is 23.8. The van der Waals surface area contributed by atoms with Crippen molar-refractivity contribution in [1.82, 2.24) is 14.8 Å². The predicted molar refractivity (Wildman–Crippen MR) is 160 cm³/mol. The van der Waals surface area contributed by atoms with Gasteiger partial charge in [-0.3, -0.25) is 9.59 Å². The van der Waals surface area contributed by atoms with Crippen LogP contribution in [0.15, 0.2) is 69.9 Å². The third-order valence-electron chi connectivity index (χ3n) is 7.99. The summed E-state index contributed by atoms with van der Waals surface area (Å²) in [5.74, 6) is 1.52. The Hall–Kier alpha value is -4.97. The lowest BCUT2D eigenvalue weighted by atomic mass is 9.89. The highest BCUT2D eigenvalue weighted by Crippen LogP contribution is 2.31. The number of likely N-dealkylation sites (N-methyl/N-ethyl adjacent to an activating group) is 1. The van der Waals surface area contributed by atoms with Crippen LogP contribution in [0.2, 0.25) is 0 Å². The molecule has 5 aromatic rings. The molecule has 0 aliphatic heterocycles. The first-order valence-electron chi connectivity index (χ1n) is 14.1. The van der Waals surface area contributed by atoms with E-state index in [1.807, 2.05) is 18.2 Å². The van der Waals surface area contributed by atoms with E-state index in [-0.39, 0.29) is 18.6 Å². The number of fused-ring (bicyclic) bond motifs is 2. The van der Waals surface area contributed by atoms with Crippen molar-refractivity contribution in [3.8, 4) is 23.1 Å². The number of amides is 1. The van der Waals surface area contributed by atoms with E-state index < -0.39 is 5.56 Å². The van der Waals surface area contributed by atoms with Crippen molar-refractivity contribution in [2.75, 3.05) is 11.9 Å². The number of aromatic nitrogens is 3. The van der Waals surface area contributed by atoms with Crippen molar-refractivity contribution in [2.45, 2.75) is 52.2 Å². The highest BCUT2D eigenvalue weighted by atomic mass is 16.5. The molecule has 2 heterocycles. The second-order valence-corrected chi connectivity index (χ2v) is 11.0. The summed E-state index contributed by atoms with van der Waals surface area (Å²) in [6.07, 6.45) is 4.30. The number of hydrogen-bond acceptors (Lipinski definition) is 7. The molecule has 1 fully saturated rings. The summed E-state index contributed by atoms with van der Waals surface area (Å²) in [7, 11) is 1.65. The van der Waals surface area contributed by atoms with E-state index in [0.717, 1.165) is 25.7 Å². The smallest absolute Gasteiger partial charge is 0.275 e. The summed E-state index contributed by atoms with van der Waals surface area (Å²) in [4.78, 5) is 33.0. The van der Waals surface area contributed by atoms with Gasteiger partial charge in [0.2, 0.25) is 5.91 Å². The van der Waals surface area contributed by atoms with E-state index in [4.69, 9.17) is 9.15 Å². The topological polar surface area (TPSA) is 114 Å². The summed E-state index contributed by atoms with van der Waals surface area (Å²) in [5, 5.41) is 15.2. The highest BCUT2D eigenvalue weighted by Gasteiger charge is 2.22. The molecular formula is C33H31N5O4. The minimum atomic E-state index is -0.393. The van der Waals surface area contributed by atoms with Gasteiger partial charge in [-0.15, -0.1) is 0 Å². The van der Waals surface area contributed by atoms with Gasteiger partial charge in [-0.1, -0.05) is 19.1 Å². The van der Waals surface area contributed by atoms with Crippen LogP contribution in [-0.4, -0.2) is 33.8 Å². The van der Waals surface area contributed by atoms with Gasteiger partial charge in [-0.2, -0.15) is 10.4 Å². The molecule has 0 atom stereocenters. The molecular weight excluding hydrogens is 530 g/mol. The molecule has 0 unspecified atom stereocenters. The molecule has 0 bridgehead atoms. The summed E-state index contributed by atoms with van der Waals surface area (Å²) in [6.45, 7) is 3.74. The number of aryl methyl sites for hydroxylation is 1. The number of anilines is 1. The van der Waals surface area contributed by atoms with Gasteiger partial charge in [0.05, 0.1) is 28.8 Å². The van der Waals surface area contributed by atoms with Crippen molar-refractivity contribution >= 4 is 33.5 Å². The van der Waals surface area contributed by atoms with Crippen molar-refractivity contribution in [3.05, 3.63) is 82.5 Å². The van der Waals surface area contributed by atoms with Crippen molar-refractivity contribution in [2.24, 2.45) is 5.92 Å². The van der Waals surface area contributed by atoms with Gasteiger partial charge in [0, 0.05) is 36.7 Å². The van der Waals surface area contributed by atoms with Crippen LogP contribution in [-0.2, 0) is 11.3 Å². The maximum Gasteiger partial charge on any atom is 0.275 e. The van der Waals surface area contributed by atoms with Crippen LogP contribution in [0.3, 0.4) is 0 Å². The lowest BCUT2D eigenvalue weighted by Gasteiger charge is -2.27. The lowest BCUT2D eigenvalue weighted by molar-refractivity contribution is -0.119. The number of nitriles is 1. The summed E-state index contributed by atoms with van der Waals surface area (Å²) >= 11 is 0. The molecule has 0 saturated heterocycles. The van der Waals surface area contributed by atoms with Gasteiger partial charge in [0.1, 0.15) is 17.8 Å². The quantitative estimate of drug-likeness (QED) is 0.250. The normalized spacial score (nSPS) is 16.8. The van der Waals surface area contributed by atoms with E-state index in [1.54, 1.807) is 56.4 Å². The summed E-state index contributed by atoms with van der Waals surface area (Å²) < 4.78 is 13.1. The Morgan fingerprint density at radius 3 is 2.69 bits per heavy atom. The molecule has 1 aliphatic carbocycles. The Morgan fingerprint density at radius 1 is 1.10 bits per heavy atom. The molecule has 1 amide bonds. The molecule has 212 valence electrons. The number of nitrogens with zero attached hydrogens (tertiary/aromatic N) is 5. The van der Waals surface area contributed by atoms with Crippen molar-refractivity contribution in [1.29, 1.82) is 5.26 Å². The van der Waals surface area contributed by atoms with E-state index in [0.29, 0.717) is 61.9 Å². The minimum Gasteiger partial charge on any atom is -0.490 e. The van der Waals surface area contributed by atoms with Crippen LogP contribution >= 0.6 is 0 Å². The molecule has 9 heteroatoms. The molecule has 2 aromatic heterocycles. The molecule has 0 radical (unpaired) electrons. The molecule has 1 aliphatic rings. The lowest BCUT2D eigenvalue weighted by Crippen LogP contribution is -2.35. The van der Waals surface area contributed by atoms with Crippen LogP contribution in [0.4, 0.5) is 5.69 Å². The van der Waals surface area contributed by atoms with Crippen LogP contribution in [0, 0.1) is 24.2 Å². The maximum absolute atomic E-state index is 13.8. The van der Waals surface area contributed by atoms with E-state index in [2.05, 4.69) is 23.1 Å². The Bertz CT molecular complexity index is 1910. The average molecular weight is 562 g/mol. The summed E-state index contributed by atoms with van der Waals surface area (Å²) in [5.41, 5.74) is 3.15. The number of rotatable bonds is 6. The average Bonchev–Trinajstić information content (AvgIpc) is 3.38. The molecule has 6 rings (SSSR count). The zero-order chi connectivity index (χ0) is 29.4. The van der Waals surface area contributed by atoms with Gasteiger partial charge in [-0.25, -0.2) is 9.67 Å². The van der Waals surface area contributed by atoms with E-state index in [1.165, 1.54) is 9.58 Å². The summed E-state index contributed by atoms with van der Waals surface area (Å²) in [6, 6.07) is 20.0. The van der Waals surface area contributed by atoms with Gasteiger partial charge in [-0.05, 0) is 74.1 Å². The van der Waals surface area contributed by atoms with Crippen molar-refractivity contribution in [3.63, 3.8) is 0 Å². The second-order valence-electron chi connectivity index (χ2n) is 11.0. The third-order valence-corrected chi connectivity index (χ3v) is 7.99. The predicted octanol–water partition coefficient (Wildman–Crippen LogP) is 6.01. The van der Waals surface area contributed by atoms with Gasteiger partial charge < -0.3 is 14.1 Å². The first-order chi connectivity index (χ1) is 20.3. The number of carbonyl (C=O) groups excluding carboxylic acids is 1. The van der Waals surface area contributed by atoms with Crippen molar-refractivity contribution < 1.29 is 13.9 Å². The Labute approximate surface area is 243 Å². The molecule has 1 saturated carbocycles. The van der Waals surface area contributed by atoms with E-state index >= 15 is 0 Å². The van der Waals surface area contributed by atoms with Gasteiger partial charge >= 0.3 is 0 Å². The first-order valence-corrected chi connectivity index (χ1v) is 14.1. The molecule has 0 spiro atoms. The SMILES string of the molecule is Cc1nc2ccc(N(C)C(=O)Cn3nc(-c4cccc(C#N)c4)c4ccc(OC5CCC(C)CC5)cc4c3=O)cc2o1. The monoisotopic (exact) mass is 561 g/mol. The zero-order valence-electron chi connectivity index (χ0n) is 23.8.